The highest BCUT2D eigenvalue weighted by atomic mass is 16.2. The van der Waals surface area contributed by atoms with E-state index in [1.165, 1.54) is 6.08 Å². The van der Waals surface area contributed by atoms with Gasteiger partial charge in [0.1, 0.15) is 0 Å². The lowest BCUT2D eigenvalue weighted by Crippen LogP contribution is -2.30. The summed E-state index contributed by atoms with van der Waals surface area (Å²) in [6, 6.07) is 6.94. The minimum atomic E-state index is -0.226. The first-order chi connectivity index (χ1) is 12.4. The molecular formula is C20H26N4O2. The molecular weight excluding hydrogens is 328 g/mol. The van der Waals surface area contributed by atoms with E-state index in [9.17, 15) is 9.59 Å². The van der Waals surface area contributed by atoms with Crippen LogP contribution in [-0.2, 0) is 11.8 Å². The van der Waals surface area contributed by atoms with Crippen molar-refractivity contribution in [1.29, 1.82) is 0 Å². The summed E-state index contributed by atoms with van der Waals surface area (Å²) in [5.41, 5.74) is 4.10. The lowest BCUT2D eigenvalue weighted by Gasteiger charge is -2.18. The fraction of sp³-hybridized carbons (Fsp3) is 0.350. The zero-order valence-electron chi connectivity index (χ0n) is 16.0. The van der Waals surface area contributed by atoms with Crippen LogP contribution in [0.4, 0.5) is 5.69 Å². The van der Waals surface area contributed by atoms with Crippen molar-refractivity contribution in [3.63, 3.8) is 0 Å². The molecule has 0 bridgehead atoms. The molecule has 1 aromatic heterocycles. The molecule has 0 saturated heterocycles. The third-order valence-corrected chi connectivity index (χ3v) is 4.42. The fourth-order valence-corrected chi connectivity index (χ4v) is 2.76. The first kappa shape index (κ1) is 19.4. The van der Waals surface area contributed by atoms with Crippen LogP contribution >= 0.6 is 0 Å². The summed E-state index contributed by atoms with van der Waals surface area (Å²) in [5, 5.41) is 7.13. The van der Waals surface area contributed by atoms with E-state index in [-0.39, 0.29) is 11.8 Å². The third-order valence-electron chi connectivity index (χ3n) is 4.42. The van der Waals surface area contributed by atoms with Crippen LogP contribution in [0.25, 0.3) is 6.08 Å². The number of benzene rings is 1. The molecule has 2 amide bonds. The molecule has 0 aliphatic heterocycles. The monoisotopic (exact) mass is 354 g/mol. The predicted octanol–water partition coefficient (Wildman–Crippen LogP) is 3.17. The van der Waals surface area contributed by atoms with Crippen LogP contribution in [0.15, 0.2) is 30.3 Å². The maximum atomic E-state index is 12.3. The van der Waals surface area contributed by atoms with E-state index in [0.29, 0.717) is 24.3 Å². The molecule has 2 aromatic rings. The highest BCUT2D eigenvalue weighted by molar-refractivity contribution is 6.02. The van der Waals surface area contributed by atoms with E-state index in [2.05, 4.69) is 10.4 Å². The van der Waals surface area contributed by atoms with E-state index >= 15 is 0 Å². The number of anilines is 1. The SMILES string of the molecule is CCN(CC)C(=O)c1ccc(NC(=O)/C=C/c2c(C)nn(C)c2C)cc1. The van der Waals surface area contributed by atoms with E-state index in [0.717, 1.165) is 17.0 Å². The summed E-state index contributed by atoms with van der Waals surface area (Å²) in [4.78, 5) is 26.2. The molecule has 1 N–H and O–H groups in total. The molecule has 0 radical (unpaired) electrons. The van der Waals surface area contributed by atoms with E-state index in [4.69, 9.17) is 0 Å². The summed E-state index contributed by atoms with van der Waals surface area (Å²) in [7, 11) is 1.88. The topological polar surface area (TPSA) is 67.2 Å². The molecule has 0 aliphatic rings. The first-order valence-corrected chi connectivity index (χ1v) is 8.76. The highest BCUT2D eigenvalue weighted by Gasteiger charge is 2.12. The minimum absolute atomic E-state index is 0.00435. The Morgan fingerprint density at radius 1 is 1.15 bits per heavy atom. The molecule has 0 unspecified atom stereocenters. The van der Waals surface area contributed by atoms with Crippen LogP contribution in [0, 0.1) is 13.8 Å². The number of nitrogens with one attached hydrogen (secondary N) is 1. The molecule has 138 valence electrons. The van der Waals surface area contributed by atoms with Crippen LogP contribution in [0.3, 0.4) is 0 Å². The Bertz CT molecular complexity index is 815. The summed E-state index contributed by atoms with van der Waals surface area (Å²) >= 11 is 0. The average molecular weight is 354 g/mol. The van der Waals surface area contributed by atoms with Crippen LogP contribution < -0.4 is 5.32 Å². The molecule has 6 nitrogen and oxygen atoms in total. The van der Waals surface area contributed by atoms with Gasteiger partial charge in [-0.25, -0.2) is 0 Å². The molecule has 26 heavy (non-hydrogen) atoms. The molecule has 1 aromatic carbocycles. The van der Waals surface area contributed by atoms with Crippen molar-refractivity contribution in [3.05, 3.63) is 52.9 Å². The van der Waals surface area contributed by atoms with Gasteiger partial charge in [-0.3, -0.25) is 14.3 Å². The number of carbonyl (C=O) groups excluding carboxylic acids is 2. The molecule has 0 aliphatic carbocycles. The number of carbonyl (C=O) groups is 2. The van der Waals surface area contributed by atoms with Gasteiger partial charge in [-0.05, 0) is 58.0 Å². The van der Waals surface area contributed by atoms with Gasteiger partial charge in [0.05, 0.1) is 5.69 Å². The Labute approximate surface area is 154 Å². The van der Waals surface area contributed by atoms with Crippen molar-refractivity contribution in [1.82, 2.24) is 14.7 Å². The third kappa shape index (κ3) is 4.39. The molecule has 1 heterocycles. The Morgan fingerprint density at radius 2 is 1.77 bits per heavy atom. The molecule has 6 heteroatoms. The first-order valence-electron chi connectivity index (χ1n) is 8.76. The summed E-state index contributed by atoms with van der Waals surface area (Å²) in [6.07, 6.45) is 3.26. The maximum Gasteiger partial charge on any atom is 0.253 e. The van der Waals surface area contributed by atoms with Crippen molar-refractivity contribution in [2.24, 2.45) is 7.05 Å². The second-order valence-electron chi connectivity index (χ2n) is 6.09. The lowest BCUT2D eigenvalue weighted by atomic mass is 10.1. The van der Waals surface area contributed by atoms with Crippen molar-refractivity contribution < 1.29 is 9.59 Å². The maximum absolute atomic E-state index is 12.3. The van der Waals surface area contributed by atoms with Crippen LogP contribution in [-0.4, -0.2) is 39.6 Å². The van der Waals surface area contributed by atoms with Crippen LogP contribution in [0.1, 0.15) is 41.2 Å². The quantitative estimate of drug-likeness (QED) is 0.810. The van der Waals surface area contributed by atoms with E-state index < -0.39 is 0 Å². The van der Waals surface area contributed by atoms with E-state index in [1.54, 1.807) is 39.9 Å². The molecule has 2 rings (SSSR count). The standard InChI is InChI=1S/C20H26N4O2/c1-6-24(7-2)20(26)16-8-10-17(11-9-16)21-19(25)13-12-18-14(3)22-23(5)15(18)4/h8-13H,6-7H2,1-5H3,(H,21,25)/b13-12+. The summed E-state index contributed by atoms with van der Waals surface area (Å²) in [6.45, 7) is 9.12. The van der Waals surface area contributed by atoms with Gasteiger partial charge in [0.25, 0.3) is 5.91 Å². The smallest absolute Gasteiger partial charge is 0.253 e. The lowest BCUT2D eigenvalue weighted by molar-refractivity contribution is -0.111. The highest BCUT2D eigenvalue weighted by Crippen LogP contribution is 2.15. The largest absolute Gasteiger partial charge is 0.339 e. The van der Waals surface area contributed by atoms with Gasteiger partial charge < -0.3 is 10.2 Å². The predicted molar refractivity (Wildman–Crippen MR) is 104 cm³/mol. The van der Waals surface area contributed by atoms with Gasteiger partial charge >= 0.3 is 0 Å². The normalized spacial score (nSPS) is 11.0. The summed E-state index contributed by atoms with van der Waals surface area (Å²) in [5.74, 6) is -0.231. The van der Waals surface area contributed by atoms with Gasteiger partial charge in [0.2, 0.25) is 5.91 Å². The molecule has 0 atom stereocenters. The number of hydrogen-bond acceptors (Lipinski definition) is 3. The van der Waals surface area contributed by atoms with Crippen molar-refractivity contribution in [3.8, 4) is 0 Å². The van der Waals surface area contributed by atoms with Gasteiger partial charge in [0, 0.05) is 48.7 Å². The Balaban J connectivity index is 2.03. The van der Waals surface area contributed by atoms with Crippen molar-refractivity contribution in [2.45, 2.75) is 27.7 Å². The van der Waals surface area contributed by atoms with Crippen molar-refractivity contribution >= 4 is 23.6 Å². The molecule has 0 spiro atoms. The minimum Gasteiger partial charge on any atom is -0.339 e. The fourth-order valence-electron chi connectivity index (χ4n) is 2.76. The number of nitrogens with zero attached hydrogens (tertiary/aromatic N) is 3. The van der Waals surface area contributed by atoms with Gasteiger partial charge in [-0.1, -0.05) is 0 Å². The second kappa shape index (κ2) is 8.47. The number of aryl methyl sites for hydroxylation is 2. The molecule has 0 saturated carbocycles. The van der Waals surface area contributed by atoms with E-state index in [1.807, 2.05) is 34.7 Å². The van der Waals surface area contributed by atoms with Gasteiger partial charge in [-0.2, -0.15) is 5.10 Å². The zero-order chi connectivity index (χ0) is 19.3. The Kier molecular flexibility index (Phi) is 6.33. The summed E-state index contributed by atoms with van der Waals surface area (Å²) < 4.78 is 1.79. The Morgan fingerprint density at radius 3 is 2.27 bits per heavy atom. The Hall–Kier alpha value is -2.89. The second-order valence-corrected chi connectivity index (χ2v) is 6.09. The average Bonchev–Trinajstić information content (AvgIpc) is 2.86. The van der Waals surface area contributed by atoms with Gasteiger partial charge in [0.15, 0.2) is 0 Å². The van der Waals surface area contributed by atoms with Crippen LogP contribution in [0.2, 0.25) is 0 Å². The number of hydrogen-bond donors (Lipinski definition) is 1. The number of aromatic nitrogens is 2. The molecule has 0 fully saturated rings. The van der Waals surface area contributed by atoms with Crippen LogP contribution in [0.5, 0.6) is 0 Å². The number of rotatable bonds is 6. The van der Waals surface area contributed by atoms with Gasteiger partial charge in [-0.15, -0.1) is 0 Å². The number of amides is 2. The zero-order valence-corrected chi connectivity index (χ0v) is 16.0. The van der Waals surface area contributed by atoms with Crippen molar-refractivity contribution in [2.75, 3.05) is 18.4 Å².